The predicted octanol–water partition coefficient (Wildman–Crippen LogP) is 3.33. The van der Waals surface area contributed by atoms with Crippen LogP contribution in [0.4, 0.5) is 5.95 Å². The Morgan fingerprint density at radius 3 is 2.03 bits per heavy atom. The highest BCUT2D eigenvalue weighted by molar-refractivity contribution is 7.79. The van der Waals surface area contributed by atoms with Gasteiger partial charge in [-0.2, -0.15) is 8.42 Å². The number of nitrogens with zero attached hydrogens (tertiary/aromatic N) is 4. The molecule has 0 spiro atoms. The number of aromatic amines is 1. The average molecular weight is 527 g/mol. The van der Waals surface area contributed by atoms with Gasteiger partial charge < -0.3 is 25.0 Å². The van der Waals surface area contributed by atoms with Crippen molar-refractivity contribution >= 4 is 27.4 Å². The molecule has 36 heavy (non-hydrogen) atoms. The summed E-state index contributed by atoms with van der Waals surface area (Å²) in [5.41, 5.74) is 2.12. The maximum absolute atomic E-state index is 8.74. The summed E-state index contributed by atoms with van der Waals surface area (Å²) >= 11 is 0. The molecule has 0 atom stereocenters. The zero-order valence-electron chi connectivity index (χ0n) is 22.4. The van der Waals surface area contributed by atoms with Crippen LogP contribution in [0, 0.1) is 11.8 Å². The summed E-state index contributed by atoms with van der Waals surface area (Å²) in [7, 11) is -4.67. The van der Waals surface area contributed by atoms with Crippen molar-refractivity contribution in [2.75, 3.05) is 70.8 Å². The molecule has 1 aromatic heterocycles. The standard InChI is InChI=1S/C25H44N6.H2O4S/c1-21(2)19-31(20-22(3)4)14-8-13-30-17-15-29(16-18-30)12-7-11-26-25-27-23-9-5-6-10-24(23)28-25;1-5(2,3)4/h5-6,9-10,21-22H,7-8,11-20H2,1-4H3,(H2,26,27,28);(H2,1,2,3,4). The Balaban J connectivity index is 0.000000830. The van der Waals surface area contributed by atoms with E-state index in [1.165, 1.54) is 58.8 Å². The van der Waals surface area contributed by atoms with E-state index >= 15 is 0 Å². The number of para-hydroxylation sites is 2. The third kappa shape index (κ3) is 13.5. The Hall–Kier alpha value is -1.76. The molecule has 2 aromatic rings. The smallest absolute Gasteiger partial charge is 0.356 e. The molecule has 1 saturated heterocycles. The van der Waals surface area contributed by atoms with Crippen molar-refractivity contribution in [2.45, 2.75) is 40.5 Å². The van der Waals surface area contributed by atoms with E-state index in [1.54, 1.807) is 0 Å². The van der Waals surface area contributed by atoms with Gasteiger partial charge in [0.2, 0.25) is 5.95 Å². The lowest BCUT2D eigenvalue weighted by molar-refractivity contribution is 0.124. The van der Waals surface area contributed by atoms with E-state index in [2.05, 4.69) is 63.7 Å². The van der Waals surface area contributed by atoms with Crippen molar-refractivity contribution in [3.05, 3.63) is 24.3 Å². The predicted molar refractivity (Wildman–Crippen MR) is 147 cm³/mol. The molecule has 1 fully saturated rings. The first kappa shape index (κ1) is 30.5. The number of benzene rings is 1. The fourth-order valence-electron chi connectivity index (χ4n) is 4.59. The Morgan fingerprint density at radius 2 is 1.50 bits per heavy atom. The Bertz CT molecular complexity index is 923. The van der Waals surface area contributed by atoms with Gasteiger partial charge >= 0.3 is 10.4 Å². The van der Waals surface area contributed by atoms with E-state index in [9.17, 15) is 0 Å². The van der Waals surface area contributed by atoms with Crippen LogP contribution in [0.1, 0.15) is 40.5 Å². The van der Waals surface area contributed by atoms with Gasteiger partial charge in [-0.1, -0.05) is 39.8 Å². The molecule has 10 nitrogen and oxygen atoms in total. The third-order valence-corrected chi connectivity index (χ3v) is 5.99. The minimum atomic E-state index is -4.67. The molecule has 3 rings (SSSR count). The first-order valence-electron chi connectivity index (χ1n) is 13.0. The van der Waals surface area contributed by atoms with Crippen LogP contribution in [0.3, 0.4) is 0 Å². The molecular weight excluding hydrogens is 480 g/mol. The van der Waals surface area contributed by atoms with E-state index in [0.29, 0.717) is 0 Å². The van der Waals surface area contributed by atoms with Gasteiger partial charge in [0, 0.05) is 45.8 Å². The van der Waals surface area contributed by atoms with Gasteiger partial charge in [-0.05, 0) is 56.4 Å². The number of hydrogen-bond donors (Lipinski definition) is 4. The molecule has 1 aliphatic rings. The minimum Gasteiger partial charge on any atom is -0.356 e. The van der Waals surface area contributed by atoms with E-state index in [1.807, 2.05) is 18.2 Å². The Morgan fingerprint density at radius 1 is 0.972 bits per heavy atom. The molecule has 2 heterocycles. The zero-order chi connectivity index (χ0) is 26.6. The molecule has 1 aliphatic heterocycles. The molecular formula is C25H46N6O4S. The monoisotopic (exact) mass is 526 g/mol. The maximum Gasteiger partial charge on any atom is 0.394 e. The van der Waals surface area contributed by atoms with Crippen LogP contribution in [0.15, 0.2) is 24.3 Å². The fourth-order valence-corrected chi connectivity index (χ4v) is 4.59. The number of hydrogen-bond acceptors (Lipinski definition) is 7. The third-order valence-electron chi connectivity index (χ3n) is 5.99. The number of rotatable bonds is 13. The van der Waals surface area contributed by atoms with Crippen LogP contribution in [0.2, 0.25) is 0 Å². The van der Waals surface area contributed by atoms with Gasteiger partial charge in [0.25, 0.3) is 0 Å². The molecule has 0 unspecified atom stereocenters. The van der Waals surface area contributed by atoms with E-state index < -0.39 is 10.4 Å². The first-order valence-corrected chi connectivity index (χ1v) is 14.4. The van der Waals surface area contributed by atoms with Crippen LogP contribution < -0.4 is 5.32 Å². The molecule has 4 N–H and O–H groups in total. The largest absolute Gasteiger partial charge is 0.394 e. The molecule has 0 amide bonds. The molecule has 0 radical (unpaired) electrons. The lowest BCUT2D eigenvalue weighted by Crippen LogP contribution is -2.47. The van der Waals surface area contributed by atoms with Crippen molar-refractivity contribution in [1.29, 1.82) is 0 Å². The highest BCUT2D eigenvalue weighted by atomic mass is 32.3. The van der Waals surface area contributed by atoms with Crippen molar-refractivity contribution < 1.29 is 17.5 Å². The van der Waals surface area contributed by atoms with Crippen LogP contribution in [0.5, 0.6) is 0 Å². The number of piperazine rings is 1. The van der Waals surface area contributed by atoms with Gasteiger partial charge in [-0.15, -0.1) is 0 Å². The fraction of sp³-hybridized carbons (Fsp3) is 0.720. The van der Waals surface area contributed by atoms with E-state index in [4.69, 9.17) is 17.5 Å². The number of imidazole rings is 1. The van der Waals surface area contributed by atoms with Gasteiger partial charge in [-0.3, -0.25) is 9.11 Å². The summed E-state index contributed by atoms with van der Waals surface area (Å²) < 4.78 is 31.6. The van der Waals surface area contributed by atoms with Crippen LogP contribution in [-0.4, -0.2) is 108 Å². The summed E-state index contributed by atoms with van der Waals surface area (Å²) in [6.45, 7) is 21.2. The zero-order valence-corrected chi connectivity index (χ0v) is 23.2. The number of anilines is 1. The molecule has 206 valence electrons. The highest BCUT2D eigenvalue weighted by Crippen LogP contribution is 2.13. The highest BCUT2D eigenvalue weighted by Gasteiger charge is 2.17. The lowest BCUT2D eigenvalue weighted by Gasteiger charge is -2.35. The van der Waals surface area contributed by atoms with E-state index in [0.717, 1.165) is 48.3 Å². The van der Waals surface area contributed by atoms with Crippen molar-refractivity contribution in [1.82, 2.24) is 24.7 Å². The topological polar surface area (TPSA) is 125 Å². The molecule has 0 aliphatic carbocycles. The number of H-pyrrole nitrogens is 1. The van der Waals surface area contributed by atoms with Gasteiger partial charge in [0.1, 0.15) is 0 Å². The van der Waals surface area contributed by atoms with Crippen LogP contribution in [-0.2, 0) is 10.4 Å². The summed E-state index contributed by atoms with van der Waals surface area (Å²) in [5, 5.41) is 3.44. The summed E-state index contributed by atoms with van der Waals surface area (Å²) in [6, 6.07) is 8.18. The maximum atomic E-state index is 8.74. The minimum absolute atomic E-state index is 0.753. The number of nitrogens with one attached hydrogen (secondary N) is 2. The Kier molecular flexibility index (Phi) is 13.1. The quantitative estimate of drug-likeness (QED) is 0.230. The molecule has 0 saturated carbocycles. The van der Waals surface area contributed by atoms with Crippen LogP contribution in [0.25, 0.3) is 11.0 Å². The van der Waals surface area contributed by atoms with Crippen molar-refractivity contribution in [3.63, 3.8) is 0 Å². The van der Waals surface area contributed by atoms with Crippen LogP contribution >= 0.6 is 0 Å². The SMILES string of the molecule is CC(C)CN(CCCN1CCN(CCCNc2nc3ccccc3[nH]2)CC1)CC(C)C.O=S(=O)(O)O. The van der Waals surface area contributed by atoms with Gasteiger partial charge in [0.15, 0.2) is 0 Å². The second-order valence-corrected chi connectivity index (χ2v) is 11.3. The summed E-state index contributed by atoms with van der Waals surface area (Å²) in [6.07, 6.45) is 2.44. The van der Waals surface area contributed by atoms with E-state index in [-0.39, 0.29) is 0 Å². The summed E-state index contributed by atoms with van der Waals surface area (Å²) in [4.78, 5) is 15.9. The lowest BCUT2D eigenvalue weighted by atomic mass is 10.1. The molecule has 0 bridgehead atoms. The van der Waals surface area contributed by atoms with Gasteiger partial charge in [-0.25, -0.2) is 4.98 Å². The Labute approximate surface area is 217 Å². The first-order chi connectivity index (χ1) is 17.0. The average Bonchev–Trinajstić information content (AvgIpc) is 3.18. The normalized spacial score (nSPS) is 15.6. The second kappa shape index (κ2) is 15.5. The van der Waals surface area contributed by atoms with Gasteiger partial charge in [0.05, 0.1) is 11.0 Å². The number of aromatic nitrogens is 2. The van der Waals surface area contributed by atoms with Crippen molar-refractivity contribution in [3.8, 4) is 0 Å². The summed E-state index contributed by atoms with van der Waals surface area (Å²) in [5.74, 6) is 2.39. The van der Waals surface area contributed by atoms with Crippen molar-refractivity contribution in [2.24, 2.45) is 11.8 Å². The second-order valence-electron chi connectivity index (χ2n) is 10.4. The molecule has 1 aromatic carbocycles. The number of fused-ring (bicyclic) bond motifs is 1. The molecule has 11 heteroatoms.